The normalized spacial score (nSPS) is 19.7. The Labute approximate surface area is 199 Å². The van der Waals surface area contributed by atoms with E-state index in [1.54, 1.807) is 16.4 Å². The highest BCUT2D eigenvalue weighted by atomic mass is 32.2. The van der Waals surface area contributed by atoms with Gasteiger partial charge in [-0.3, -0.25) is 19.1 Å². The zero-order valence-corrected chi connectivity index (χ0v) is 21.1. The number of likely N-dealkylation sites (N-methyl/N-ethyl adjacent to an activating group) is 1. The third-order valence-corrected chi connectivity index (χ3v) is 7.74. The zero-order chi connectivity index (χ0) is 23.6. The van der Waals surface area contributed by atoms with Gasteiger partial charge in [-0.15, -0.1) is 0 Å². The number of nitrogens with zero attached hydrogens (tertiary/aromatic N) is 5. The lowest BCUT2D eigenvalue weighted by Gasteiger charge is -2.37. The molecule has 0 radical (unpaired) electrons. The minimum Gasteiger partial charge on any atom is -0.355 e. The molecule has 1 amide bonds. The van der Waals surface area contributed by atoms with E-state index in [0.717, 1.165) is 50.5 Å². The van der Waals surface area contributed by atoms with Crippen LogP contribution in [0.4, 0.5) is 5.82 Å². The predicted octanol–water partition coefficient (Wildman–Crippen LogP) is 3.19. The molecule has 7 nitrogen and oxygen atoms in total. The molecule has 0 N–H and O–H groups in total. The highest BCUT2D eigenvalue weighted by Crippen LogP contribution is 2.37. The van der Waals surface area contributed by atoms with Gasteiger partial charge in [-0.05, 0) is 45.4 Å². The van der Waals surface area contributed by atoms with Gasteiger partial charge in [-0.25, -0.2) is 0 Å². The number of thioether (sulfide) groups is 1. The number of nitriles is 1. The molecule has 0 bridgehead atoms. The fourth-order valence-corrected chi connectivity index (χ4v) is 5.67. The van der Waals surface area contributed by atoms with Crippen LogP contribution in [0.5, 0.6) is 0 Å². The zero-order valence-electron chi connectivity index (χ0n) is 19.5. The van der Waals surface area contributed by atoms with E-state index in [1.165, 1.54) is 11.8 Å². The summed E-state index contributed by atoms with van der Waals surface area (Å²) < 4.78 is 2.23. The van der Waals surface area contributed by atoms with Crippen LogP contribution < -0.4 is 10.5 Å². The van der Waals surface area contributed by atoms with E-state index < -0.39 is 0 Å². The number of rotatable bonds is 6. The highest BCUT2D eigenvalue weighted by Gasteiger charge is 2.35. The molecule has 0 aliphatic carbocycles. The Kier molecular flexibility index (Phi) is 7.80. The number of amides is 1. The Morgan fingerprint density at radius 2 is 1.81 bits per heavy atom. The molecule has 1 aromatic heterocycles. The fourth-order valence-electron chi connectivity index (χ4n) is 4.23. The second kappa shape index (κ2) is 10.2. The van der Waals surface area contributed by atoms with Crippen molar-refractivity contribution < 1.29 is 4.79 Å². The van der Waals surface area contributed by atoms with Crippen LogP contribution in [-0.2, 0) is 11.3 Å². The maximum Gasteiger partial charge on any atom is 0.270 e. The van der Waals surface area contributed by atoms with Crippen LogP contribution in [0.2, 0.25) is 0 Å². The molecule has 2 aliphatic rings. The number of carbonyl (C=O) groups is 1. The van der Waals surface area contributed by atoms with Gasteiger partial charge in [0.25, 0.3) is 11.5 Å². The number of carbonyl (C=O) groups excluding carboxylic acids is 1. The first-order chi connectivity index (χ1) is 15.3. The van der Waals surface area contributed by atoms with Crippen LogP contribution in [-0.4, -0.2) is 63.4 Å². The van der Waals surface area contributed by atoms with Gasteiger partial charge in [-0.2, -0.15) is 5.26 Å². The van der Waals surface area contributed by atoms with Crippen molar-refractivity contribution in [3.8, 4) is 6.07 Å². The van der Waals surface area contributed by atoms with Gasteiger partial charge in [0.1, 0.15) is 21.8 Å². The van der Waals surface area contributed by atoms with E-state index in [9.17, 15) is 14.9 Å². The average molecular weight is 474 g/mol. The molecular formula is C23H31N5O2S2. The fraction of sp³-hybridized carbons (Fsp3) is 0.565. The minimum absolute atomic E-state index is 0.0235. The Bertz CT molecular complexity index is 1050. The first-order valence-electron chi connectivity index (χ1n) is 11.2. The van der Waals surface area contributed by atoms with Gasteiger partial charge in [-0.1, -0.05) is 37.8 Å². The maximum absolute atomic E-state index is 13.2. The monoisotopic (exact) mass is 473 g/mol. The second-order valence-corrected chi connectivity index (χ2v) is 9.80. The first kappa shape index (κ1) is 24.5. The van der Waals surface area contributed by atoms with E-state index >= 15 is 0 Å². The standard InChI is InChI=1S/C23H31N5O2S2/c1-6-15(4)28-22(30)19(32-23(28)31)13-17-16(5)18(14-24)21(29)27(8-3)20(17)26-11-9-25(7-2)10-12-26/h13,15H,6-12H2,1-5H3. The van der Waals surface area contributed by atoms with Gasteiger partial charge >= 0.3 is 0 Å². The van der Waals surface area contributed by atoms with E-state index in [4.69, 9.17) is 12.2 Å². The predicted molar refractivity (Wildman–Crippen MR) is 135 cm³/mol. The molecule has 1 aromatic rings. The smallest absolute Gasteiger partial charge is 0.270 e. The molecule has 32 heavy (non-hydrogen) atoms. The number of hydrogen-bond acceptors (Lipinski definition) is 7. The number of aromatic nitrogens is 1. The number of pyridine rings is 1. The van der Waals surface area contributed by atoms with Gasteiger partial charge in [0, 0.05) is 44.3 Å². The van der Waals surface area contributed by atoms with Crippen molar-refractivity contribution in [2.45, 2.75) is 53.6 Å². The topological polar surface area (TPSA) is 72.6 Å². The number of thiocarbonyl (C=S) groups is 1. The molecule has 0 saturated carbocycles. The summed E-state index contributed by atoms with van der Waals surface area (Å²) in [6.07, 6.45) is 2.65. The Morgan fingerprint density at radius 1 is 1.16 bits per heavy atom. The third kappa shape index (κ3) is 4.36. The third-order valence-electron chi connectivity index (χ3n) is 6.41. The van der Waals surface area contributed by atoms with E-state index in [0.29, 0.717) is 21.3 Å². The van der Waals surface area contributed by atoms with Crippen molar-refractivity contribution in [2.24, 2.45) is 0 Å². The van der Waals surface area contributed by atoms with Gasteiger partial charge in [0.05, 0.1) is 4.91 Å². The molecule has 2 aliphatic heterocycles. The molecule has 0 spiro atoms. The summed E-state index contributed by atoms with van der Waals surface area (Å²) in [5.41, 5.74) is 1.23. The first-order valence-corrected chi connectivity index (χ1v) is 12.4. The molecule has 0 aromatic carbocycles. The van der Waals surface area contributed by atoms with E-state index in [1.807, 2.05) is 26.8 Å². The summed E-state index contributed by atoms with van der Waals surface area (Å²) in [7, 11) is 0. The summed E-state index contributed by atoms with van der Waals surface area (Å²) in [5.74, 6) is 0.682. The van der Waals surface area contributed by atoms with Crippen molar-refractivity contribution in [3.63, 3.8) is 0 Å². The molecule has 2 saturated heterocycles. The van der Waals surface area contributed by atoms with Crippen molar-refractivity contribution >= 4 is 46.1 Å². The molecule has 3 rings (SSSR count). The van der Waals surface area contributed by atoms with Crippen LogP contribution >= 0.6 is 24.0 Å². The summed E-state index contributed by atoms with van der Waals surface area (Å²) in [6, 6.07) is 2.11. The molecule has 1 unspecified atom stereocenters. The molecular weight excluding hydrogens is 442 g/mol. The Balaban J connectivity index is 2.18. The molecule has 1 atom stereocenters. The van der Waals surface area contributed by atoms with Crippen molar-refractivity contribution in [2.75, 3.05) is 37.6 Å². The summed E-state index contributed by atoms with van der Waals surface area (Å²) >= 11 is 6.78. The van der Waals surface area contributed by atoms with Crippen LogP contribution in [0.15, 0.2) is 9.70 Å². The van der Waals surface area contributed by atoms with Crippen LogP contribution in [0.3, 0.4) is 0 Å². The number of anilines is 1. The summed E-state index contributed by atoms with van der Waals surface area (Å²) in [5, 5.41) is 9.71. The Morgan fingerprint density at radius 3 is 2.34 bits per heavy atom. The van der Waals surface area contributed by atoms with Crippen LogP contribution in [0.25, 0.3) is 6.08 Å². The summed E-state index contributed by atoms with van der Waals surface area (Å²) in [4.78, 5) is 33.1. The maximum atomic E-state index is 13.2. The average Bonchev–Trinajstić information content (AvgIpc) is 3.08. The van der Waals surface area contributed by atoms with Gasteiger partial charge < -0.3 is 9.80 Å². The lowest BCUT2D eigenvalue weighted by atomic mass is 10.0. The lowest BCUT2D eigenvalue weighted by molar-refractivity contribution is -0.123. The molecule has 2 fully saturated rings. The van der Waals surface area contributed by atoms with Crippen LogP contribution in [0.1, 0.15) is 50.8 Å². The quantitative estimate of drug-likeness (QED) is 0.464. The Hall–Kier alpha value is -2.15. The second-order valence-electron chi connectivity index (χ2n) is 8.13. The number of hydrogen-bond donors (Lipinski definition) is 0. The summed E-state index contributed by atoms with van der Waals surface area (Å²) in [6.45, 7) is 14.7. The van der Waals surface area contributed by atoms with E-state index in [-0.39, 0.29) is 23.1 Å². The largest absolute Gasteiger partial charge is 0.355 e. The molecule has 172 valence electrons. The van der Waals surface area contributed by atoms with Crippen molar-refractivity contribution in [1.82, 2.24) is 14.4 Å². The van der Waals surface area contributed by atoms with Crippen LogP contribution in [0, 0.1) is 18.3 Å². The minimum atomic E-state index is -0.273. The van der Waals surface area contributed by atoms with Crippen molar-refractivity contribution in [1.29, 1.82) is 5.26 Å². The number of piperazine rings is 1. The molecule has 9 heteroatoms. The van der Waals surface area contributed by atoms with Gasteiger partial charge in [0.15, 0.2) is 0 Å². The lowest BCUT2D eigenvalue weighted by Crippen LogP contribution is -2.48. The SMILES string of the molecule is CCC(C)N1C(=O)C(=Cc2c(C)c(C#N)c(=O)n(CC)c2N2CCN(CC)CC2)SC1=S. The highest BCUT2D eigenvalue weighted by molar-refractivity contribution is 8.26. The van der Waals surface area contributed by atoms with Crippen molar-refractivity contribution in [3.05, 3.63) is 31.9 Å². The molecule has 3 heterocycles. The van der Waals surface area contributed by atoms with E-state index in [2.05, 4.69) is 22.8 Å². The van der Waals surface area contributed by atoms with Gasteiger partial charge in [0.2, 0.25) is 0 Å².